The van der Waals surface area contributed by atoms with E-state index in [0.717, 1.165) is 11.4 Å². The molecule has 90 valence electrons. The van der Waals surface area contributed by atoms with Crippen molar-refractivity contribution in [2.24, 2.45) is 9.98 Å². The highest BCUT2D eigenvalue weighted by molar-refractivity contribution is 5.84. The van der Waals surface area contributed by atoms with Crippen molar-refractivity contribution in [2.45, 2.75) is 26.7 Å². The molecule has 0 rings (SSSR count). The molecule has 0 bridgehead atoms. The highest BCUT2D eigenvalue weighted by atomic mass is 16.3. The topological polar surface area (TPSA) is 65.2 Å². The van der Waals surface area contributed by atoms with Gasteiger partial charge in [0.2, 0.25) is 0 Å². The number of rotatable bonds is 7. The summed E-state index contributed by atoms with van der Waals surface area (Å²) in [6.45, 7) is 11.6. The number of hydrogen-bond acceptors (Lipinski definition) is 4. The SMILES string of the molecule is C=C(O)CC(C)=NCCN=C(C)CC(=C)O. The fraction of sp³-hybridized carbons (Fsp3) is 0.500. The molecule has 0 atom stereocenters. The maximum Gasteiger partial charge on any atom is 0.0906 e. The van der Waals surface area contributed by atoms with E-state index >= 15 is 0 Å². The standard InChI is InChI=1S/C12H20N2O2/c1-9(7-11(3)15)13-5-6-14-10(2)8-12(4)16/h15-16H,3-8H2,1-2H3. The van der Waals surface area contributed by atoms with Crippen molar-refractivity contribution in [3.8, 4) is 0 Å². The Labute approximate surface area is 96.8 Å². The number of hydrogen-bond donors (Lipinski definition) is 2. The van der Waals surface area contributed by atoms with Crippen LogP contribution in [0.3, 0.4) is 0 Å². The summed E-state index contributed by atoms with van der Waals surface area (Å²) in [5.74, 6) is 0.245. The zero-order valence-corrected chi connectivity index (χ0v) is 10.0. The molecule has 0 radical (unpaired) electrons. The van der Waals surface area contributed by atoms with Gasteiger partial charge in [0.1, 0.15) is 0 Å². The molecule has 0 aliphatic heterocycles. The van der Waals surface area contributed by atoms with Crippen molar-refractivity contribution in [1.29, 1.82) is 0 Å². The largest absolute Gasteiger partial charge is 0.513 e. The Balaban J connectivity index is 3.89. The van der Waals surface area contributed by atoms with Gasteiger partial charge in [0, 0.05) is 24.3 Å². The van der Waals surface area contributed by atoms with Gasteiger partial charge in [-0.3, -0.25) is 9.98 Å². The third kappa shape index (κ3) is 8.99. The average Bonchev–Trinajstić information content (AvgIpc) is 2.10. The van der Waals surface area contributed by atoms with E-state index in [9.17, 15) is 0 Å². The first-order valence-corrected chi connectivity index (χ1v) is 5.15. The van der Waals surface area contributed by atoms with Crippen LogP contribution in [0.2, 0.25) is 0 Å². The van der Waals surface area contributed by atoms with Crippen LogP contribution in [0.1, 0.15) is 26.7 Å². The van der Waals surface area contributed by atoms with Gasteiger partial charge < -0.3 is 10.2 Å². The molecule has 0 saturated heterocycles. The lowest BCUT2D eigenvalue weighted by molar-refractivity contribution is 0.407. The van der Waals surface area contributed by atoms with E-state index < -0.39 is 0 Å². The second kappa shape index (κ2) is 7.68. The maximum atomic E-state index is 8.93. The van der Waals surface area contributed by atoms with Crippen LogP contribution in [0.25, 0.3) is 0 Å². The minimum absolute atomic E-state index is 0.123. The smallest absolute Gasteiger partial charge is 0.0906 e. The Morgan fingerprint density at radius 2 is 1.19 bits per heavy atom. The van der Waals surface area contributed by atoms with E-state index in [1.165, 1.54) is 0 Å². The van der Waals surface area contributed by atoms with Crippen molar-refractivity contribution in [1.82, 2.24) is 0 Å². The minimum atomic E-state index is 0.123. The highest BCUT2D eigenvalue weighted by Gasteiger charge is 1.95. The molecule has 0 aromatic carbocycles. The first-order chi connectivity index (χ1) is 7.41. The lowest BCUT2D eigenvalue weighted by atomic mass is 10.2. The van der Waals surface area contributed by atoms with Crippen molar-refractivity contribution in [3.05, 3.63) is 24.7 Å². The number of nitrogens with zero attached hydrogens (tertiary/aromatic N) is 2. The first-order valence-electron chi connectivity index (χ1n) is 5.15. The van der Waals surface area contributed by atoms with Crippen molar-refractivity contribution >= 4 is 11.4 Å². The molecule has 2 N–H and O–H groups in total. The third-order valence-electron chi connectivity index (χ3n) is 1.78. The van der Waals surface area contributed by atoms with Gasteiger partial charge >= 0.3 is 0 Å². The molecule has 0 amide bonds. The van der Waals surface area contributed by atoms with Crippen molar-refractivity contribution in [3.63, 3.8) is 0 Å². The summed E-state index contributed by atoms with van der Waals surface area (Å²) in [5.41, 5.74) is 1.68. The van der Waals surface area contributed by atoms with E-state index in [1.807, 2.05) is 13.8 Å². The number of allylic oxidation sites excluding steroid dienone is 2. The average molecular weight is 224 g/mol. The molecular formula is C12H20N2O2. The van der Waals surface area contributed by atoms with Crippen LogP contribution in [0.5, 0.6) is 0 Å². The highest BCUT2D eigenvalue weighted by Crippen LogP contribution is 1.97. The molecule has 4 heteroatoms. The normalized spacial score (nSPS) is 12.6. The van der Waals surface area contributed by atoms with Gasteiger partial charge in [-0.1, -0.05) is 13.2 Å². The van der Waals surface area contributed by atoms with Crippen LogP contribution in [-0.2, 0) is 0 Å². The molecule has 0 fully saturated rings. The first kappa shape index (κ1) is 14.4. The number of aliphatic hydroxyl groups is 2. The molecule has 16 heavy (non-hydrogen) atoms. The molecule has 0 unspecified atom stereocenters. The Bertz CT molecular complexity index is 285. The zero-order valence-electron chi connectivity index (χ0n) is 10.0. The van der Waals surface area contributed by atoms with E-state index in [1.54, 1.807) is 0 Å². The van der Waals surface area contributed by atoms with Gasteiger partial charge in [-0.05, 0) is 13.8 Å². The van der Waals surface area contributed by atoms with Crippen LogP contribution < -0.4 is 0 Å². The summed E-state index contributed by atoms with van der Waals surface area (Å²) >= 11 is 0. The molecule has 0 aliphatic rings. The summed E-state index contributed by atoms with van der Waals surface area (Å²) in [6, 6.07) is 0. The van der Waals surface area contributed by atoms with Crippen LogP contribution >= 0.6 is 0 Å². The summed E-state index contributed by atoms with van der Waals surface area (Å²) < 4.78 is 0. The maximum absolute atomic E-state index is 8.93. The number of aliphatic hydroxyl groups excluding tert-OH is 2. The zero-order chi connectivity index (χ0) is 12.6. The predicted molar refractivity (Wildman–Crippen MR) is 68.7 cm³/mol. The summed E-state index contributed by atoms with van der Waals surface area (Å²) in [7, 11) is 0. The van der Waals surface area contributed by atoms with E-state index in [0.29, 0.717) is 25.9 Å². The monoisotopic (exact) mass is 224 g/mol. The summed E-state index contributed by atoms with van der Waals surface area (Å²) in [4.78, 5) is 8.44. The van der Waals surface area contributed by atoms with Crippen LogP contribution in [0.4, 0.5) is 0 Å². The summed E-state index contributed by atoms with van der Waals surface area (Å²) in [6.07, 6.45) is 0.826. The number of aliphatic imine (C=N–C) groups is 2. The second-order valence-electron chi connectivity index (χ2n) is 3.72. The van der Waals surface area contributed by atoms with Crippen molar-refractivity contribution < 1.29 is 10.2 Å². The minimum Gasteiger partial charge on any atom is -0.513 e. The lowest BCUT2D eigenvalue weighted by Gasteiger charge is -2.00. The molecule has 0 spiro atoms. The summed E-state index contributed by atoms with van der Waals surface area (Å²) in [5, 5.41) is 17.9. The Kier molecular flexibility index (Phi) is 6.92. The van der Waals surface area contributed by atoms with Gasteiger partial charge in [-0.2, -0.15) is 0 Å². The van der Waals surface area contributed by atoms with E-state index in [4.69, 9.17) is 10.2 Å². The molecule has 0 aliphatic carbocycles. The van der Waals surface area contributed by atoms with Crippen LogP contribution in [-0.4, -0.2) is 34.7 Å². The Morgan fingerprint density at radius 1 is 0.875 bits per heavy atom. The lowest BCUT2D eigenvalue weighted by Crippen LogP contribution is -2.00. The molecule has 4 nitrogen and oxygen atoms in total. The molecule has 0 aromatic heterocycles. The van der Waals surface area contributed by atoms with Gasteiger partial charge in [0.15, 0.2) is 0 Å². The second-order valence-corrected chi connectivity index (χ2v) is 3.72. The Hall–Kier alpha value is -1.58. The fourth-order valence-corrected chi connectivity index (χ4v) is 1.18. The van der Waals surface area contributed by atoms with Crippen LogP contribution in [0.15, 0.2) is 34.7 Å². The molecular weight excluding hydrogens is 204 g/mol. The third-order valence-corrected chi connectivity index (χ3v) is 1.78. The molecule has 0 saturated carbocycles. The van der Waals surface area contributed by atoms with Crippen molar-refractivity contribution in [2.75, 3.05) is 13.1 Å². The van der Waals surface area contributed by atoms with Gasteiger partial charge in [-0.25, -0.2) is 0 Å². The van der Waals surface area contributed by atoms with Gasteiger partial charge in [0.05, 0.1) is 24.6 Å². The Morgan fingerprint density at radius 3 is 1.44 bits per heavy atom. The van der Waals surface area contributed by atoms with E-state index in [-0.39, 0.29) is 11.5 Å². The fourth-order valence-electron chi connectivity index (χ4n) is 1.18. The molecule has 0 aromatic rings. The van der Waals surface area contributed by atoms with E-state index in [2.05, 4.69) is 23.1 Å². The van der Waals surface area contributed by atoms with Gasteiger partial charge in [0.25, 0.3) is 0 Å². The molecule has 0 heterocycles. The van der Waals surface area contributed by atoms with Gasteiger partial charge in [-0.15, -0.1) is 0 Å². The van der Waals surface area contributed by atoms with Crippen LogP contribution in [0, 0.1) is 0 Å². The predicted octanol–water partition coefficient (Wildman–Crippen LogP) is 2.83. The quantitative estimate of drug-likeness (QED) is 0.397.